The Balaban J connectivity index is 2.15. The van der Waals surface area contributed by atoms with Crippen LogP contribution in [0.5, 0.6) is 0 Å². The van der Waals surface area contributed by atoms with Gasteiger partial charge in [-0.3, -0.25) is 4.79 Å². The predicted octanol–water partition coefficient (Wildman–Crippen LogP) is 2.14. The number of carbonyl (C=O) groups is 1. The molecular weight excluding hydrogens is 188 g/mol. The Bertz CT molecular complexity index is 369. The molecule has 0 unspecified atom stereocenters. The normalized spacial score (nSPS) is 24.7. The molecule has 0 amide bonds. The van der Waals surface area contributed by atoms with Crippen molar-refractivity contribution in [3.05, 3.63) is 48.6 Å². The van der Waals surface area contributed by atoms with Gasteiger partial charge in [-0.05, 0) is 5.56 Å². The van der Waals surface area contributed by atoms with Gasteiger partial charge >= 0.3 is 0 Å². The van der Waals surface area contributed by atoms with Crippen molar-refractivity contribution in [3.63, 3.8) is 0 Å². The van der Waals surface area contributed by atoms with E-state index in [1.54, 1.807) is 6.08 Å². The SMILES string of the molecule is C=CC[C@]1(Cc2ccccc2)OCC1=O. The lowest BCUT2D eigenvalue weighted by atomic mass is 9.83. The summed E-state index contributed by atoms with van der Waals surface area (Å²) >= 11 is 0. The van der Waals surface area contributed by atoms with Gasteiger partial charge in [0.05, 0.1) is 0 Å². The van der Waals surface area contributed by atoms with Crippen LogP contribution in [0.25, 0.3) is 0 Å². The number of hydrogen-bond acceptors (Lipinski definition) is 2. The summed E-state index contributed by atoms with van der Waals surface area (Å²) in [5.74, 6) is 0.186. The molecule has 2 heteroatoms. The number of benzene rings is 1. The van der Waals surface area contributed by atoms with Gasteiger partial charge in [0.15, 0.2) is 5.78 Å². The first-order chi connectivity index (χ1) is 7.27. The van der Waals surface area contributed by atoms with Crippen molar-refractivity contribution in [2.75, 3.05) is 6.61 Å². The first kappa shape index (κ1) is 10.1. The highest BCUT2D eigenvalue weighted by Gasteiger charge is 2.46. The molecule has 1 aromatic rings. The Morgan fingerprint density at radius 2 is 2.13 bits per heavy atom. The van der Waals surface area contributed by atoms with Crippen molar-refractivity contribution >= 4 is 5.78 Å². The Kier molecular flexibility index (Phi) is 2.69. The molecule has 1 aromatic carbocycles. The number of Topliss-reactive ketones (excluding diaryl/α,β-unsaturated/α-hetero) is 1. The van der Waals surface area contributed by atoms with Crippen molar-refractivity contribution < 1.29 is 9.53 Å². The number of hydrogen-bond donors (Lipinski definition) is 0. The molecule has 1 aliphatic heterocycles. The summed E-state index contributed by atoms with van der Waals surface area (Å²) in [6, 6.07) is 9.94. The van der Waals surface area contributed by atoms with Crippen LogP contribution in [-0.2, 0) is 16.0 Å². The van der Waals surface area contributed by atoms with Gasteiger partial charge < -0.3 is 4.74 Å². The third-order valence-corrected chi connectivity index (χ3v) is 2.79. The van der Waals surface area contributed by atoms with E-state index >= 15 is 0 Å². The van der Waals surface area contributed by atoms with Gasteiger partial charge in [-0.2, -0.15) is 0 Å². The molecular formula is C13H14O2. The van der Waals surface area contributed by atoms with E-state index in [1.165, 1.54) is 0 Å². The van der Waals surface area contributed by atoms with Crippen molar-refractivity contribution in [2.45, 2.75) is 18.4 Å². The zero-order valence-corrected chi connectivity index (χ0v) is 8.61. The molecule has 0 spiro atoms. The fraction of sp³-hybridized carbons (Fsp3) is 0.308. The highest BCUT2D eigenvalue weighted by atomic mass is 16.5. The molecule has 1 fully saturated rings. The minimum absolute atomic E-state index is 0.186. The quantitative estimate of drug-likeness (QED) is 0.699. The lowest BCUT2D eigenvalue weighted by molar-refractivity contribution is -0.178. The molecule has 15 heavy (non-hydrogen) atoms. The monoisotopic (exact) mass is 202 g/mol. The first-order valence-corrected chi connectivity index (χ1v) is 5.09. The Morgan fingerprint density at radius 1 is 1.40 bits per heavy atom. The summed E-state index contributed by atoms with van der Waals surface area (Å²) in [4.78, 5) is 11.6. The zero-order valence-electron chi connectivity index (χ0n) is 8.61. The van der Waals surface area contributed by atoms with Crippen LogP contribution in [0.1, 0.15) is 12.0 Å². The third-order valence-electron chi connectivity index (χ3n) is 2.79. The largest absolute Gasteiger partial charge is 0.359 e. The van der Waals surface area contributed by atoms with Crippen LogP contribution in [0.3, 0.4) is 0 Å². The number of ether oxygens (including phenoxy) is 1. The summed E-state index contributed by atoms with van der Waals surface area (Å²) < 4.78 is 5.45. The van der Waals surface area contributed by atoms with Crippen LogP contribution in [0.15, 0.2) is 43.0 Å². The van der Waals surface area contributed by atoms with Crippen LogP contribution < -0.4 is 0 Å². The van der Waals surface area contributed by atoms with Crippen molar-refractivity contribution in [2.24, 2.45) is 0 Å². The smallest absolute Gasteiger partial charge is 0.190 e. The maximum absolute atomic E-state index is 11.6. The van der Waals surface area contributed by atoms with Gasteiger partial charge in [-0.1, -0.05) is 36.4 Å². The Labute approximate surface area is 89.6 Å². The predicted molar refractivity (Wildman–Crippen MR) is 58.7 cm³/mol. The summed E-state index contributed by atoms with van der Waals surface area (Å²) in [6.07, 6.45) is 3.00. The summed E-state index contributed by atoms with van der Waals surface area (Å²) in [5.41, 5.74) is 0.510. The number of rotatable bonds is 4. The maximum Gasteiger partial charge on any atom is 0.190 e. The average Bonchev–Trinajstić information content (AvgIpc) is 2.28. The molecule has 0 radical (unpaired) electrons. The van der Waals surface area contributed by atoms with E-state index in [4.69, 9.17) is 4.74 Å². The van der Waals surface area contributed by atoms with Gasteiger partial charge in [0.25, 0.3) is 0 Å². The molecule has 78 valence electrons. The molecule has 0 saturated carbocycles. The number of carbonyl (C=O) groups excluding carboxylic acids is 1. The van der Waals surface area contributed by atoms with Crippen LogP contribution in [0, 0.1) is 0 Å². The summed E-state index contributed by atoms with van der Waals surface area (Å²) in [7, 11) is 0. The van der Waals surface area contributed by atoms with Crippen molar-refractivity contribution in [1.82, 2.24) is 0 Å². The Hall–Kier alpha value is -1.41. The minimum Gasteiger partial charge on any atom is -0.359 e. The standard InChI is InChI=1S/C13H14O2/c1-2-8-13(12(14)10-15-13)9-11-6-4-3-5-7-11/h2-7H,1,8-10H2/t13-/m1/s1. The summed E-state index contributed by atoms with van der Waals surface area (Å²) in [6.45, 7) is 3.92. The molecule has 1 heterocycles. The van der Waals surface area contributed by atoms with Gasteiger partial charge in [-0.25, -0.2) is 0 Å². The lowest BCUT2D eigenvalue weighted by Crippen LogP contribution is -2.55. The van der Waals surface area contributed by atoms with Gasteiger partial charge in [0.2, 0.25) is 0 Å². The van der Waals surface area contributed by atoms with Crippen molar-refractivity contribution in [3.8, 4) is 0 Å². The van der Waals surface area contributed by atoms with E-state index < -0.39 is 5.60 Å². The van der Waals surface area contributed by atoms with Gasteiger partial charge in [0.1, 0.15) is 12.2 Å². The van der Waals surface area contributed by atoms with E-state index in [0.717, 1.165) is 5.56 Å². The molecule has 2 rings (SSSR count). The third kappa shape index (κ3) is 1.85. The molecule has 1 atom stereocenters. The molecule has 0 aliphatic carbocycles. The molecule has 0 N–H and O–H groups in total. The van der Waals surface area contributed by atoms with Crippen molar-refractivity contribution in [1.29, 1.82) is 0 Å². The van der Waals surface area contributed by atoms with Crippen LogP contribution in [-0.4, -0.2) is 18.0 Å². The maximum atomic E-state index is 11.6. The Morgan fingerprint density at radius 3 is 2.60 bits per heavy atom. The van der Waals surface area contributed by atoms with E-state index in [9.17, 15) is 4.79 Å². The van der Waals surface area contributed by atoms with E-state index in [2.05, 4.69) is 6.58 Å². The second-order valence-electron chi connectivity index (χ2n) is 3.86. The van der Waals surface area contributed by atoms with E-state index in [-0.39, 0.29) is 12.4 Å². The molecule has 2 nitrogen and oxygen atoms in total. The zero-order chi connectivity index (χ0) is 10.7. The van der Waals surface area contributed by atoms with E-state index in [0.29, 0.717) is 12.8 Å². The topological polar surface area (TPSA) is 26.3 Å². The van der Waals surface area contributed by atoms with Crippen LogP contribution in [0.4, 0.5) is 0 Å². The minimum atomic E-state index is -0.622. The second kappa shape index (κ2) is 3.99. The fourth-order valence-corrected chi connectivity index (χ4v) is 1.89. The molecule has 0 bridgehead atoms. The highest BCUT2D eigenvalue weighted by Crippen LogP contribution is 2.30. The summed E-state index contributed by atoms with van der Waals surface area (Å²) in [5, 5.41) is 0. The molecule has 1 aliphatic rings. The lowest BCUT2D eigenvalue weighted by Gasteiger charge is -2.39. The van der Waals surface area contributed by atoms with Gasteiger partial charge in [0, 0.05) is 12.8 Å². The average molecular weight is 202 g/mol. The molecule has 1 saturated heterocycles. The fourth-order valence-electron chi connectivity index (χ4n) is 1.89. The second-order valence-corrected chi connectivity index (χ2v) is 3.86. The highest BCUT2D eigenvalue weighted by molar-refractivity contribution is 5.93. The van der Waals surface area contributed by atoms with E-state index in [1.807, 2.05) is 30.3 Å². The van der Waals surface area contributed by atoms with Crippen LogP contribution >= 0.6 is 0 Å². The van der Waals surface area contributed by atoms with Gasteiger partial charge in [-0.15, -0.1) is 6.58 Å². The molecule has 0 aromatic heterocycles. The first-order valence-electron chi connectivity index (χ1n) is 5.09. The van der Waals surface area contributed by atoms with Crippen LogP contribution in [0.2, 0.25) is 0 Å². The number of ketones is 1.